The lowest BCUT2D eigenvalue weighted by molar-refractivity contribution is -0.140. The van der Waals surface area contributed by atoms with Crippen molar-refractivity contribution in [3.8, 4) is 5.75 Å². The minimum Gasteiger partial charge on any atom is -0.495 e. The number of carbonyl (C=O) groups excluding carboxylic acids is 3. The molecule has 4 bridgehead atoms. The Hall–Kier alpha value is -2.87. The van der Waals surface area contributed by atoms with E-state index in [1.54, 1.807) is 39.2 Å². The van der Waals surface area contributed by atoms with Gasteiger partial charge < -0.3 is 20.1 Å². The Balaban J connectivity index is 1.44. The Bertz CT molecular complexity index is 1140. The Labute approximate surface area is 209 Å². The number of rotatable bonds is 7. The fourth-order valence-corrected chi connectivity index (χ4v) is 7.90. The summed E-state index contributed by atoms with van der Waals surface area (Å²) in [6.07, 6.45) is 6.49. The molecule has 186 valence electrons. The minimum absolute atomic E-state index is 0.0138. The number of ether oxygens (including phenoxy) is 2. The summed E-state index contributed by atoms with van der Waals surface area (Å²) in [7, 11) is 1.54. The fourth-order valence-electron chi connectivity index (χ4n) is 6.82. The highest BCUT2D eigenvalue weighted by molar-refractivity contribution is 7.19. The predicted molar refractivity (Wildman–Crippen MR) is 135 cm³/mol. The highest BCUT2D eigenvalue weighted by Crippen LogP contribution is 2.60. The number of nitrogens with one attached hydrogen (secondary N) is 2. The van der Waals surface area contributed by atoms with Gasteiger partial charge >= 0.3 is 5.97 Å². The van der Waals surface area contributed by atoms with Crippen molar-refractivity contribution in [1.29, 1.82) is 0 Å². The summed E-state index contributed by atoms with van der Waals surface area (Å²) >= 11 is 1.13. The monoisotopic (exact) mass is 496 g/mol. The maximum atomic E-state index is 13.7. The summed E-state index contributed by atoms with van der Waals surface area (Å²) in [6, 6.07) is 7.14. The average molecular weight is 497 g/mol. The van der Waals surface area contributed by atoms with Gasteiger partial charge in [0.15, 0.2) is 0 Å². The Kier molecular flexibility index (Phi) is 6.34. The van der Waals surface area contributed by atoms with Crippen LogP contribution in [0.1, 0.15) is 71.0 Å². The Morgan fingerprint density at radius 1 is 1.03 bits per heavy atom. The third-order valence-corrected chi connectivity index (χ3v) is 9.14. The quantitative estimate of drug-likeness (QED) is 0.483. The lowest BCUT2D eigenvalue weighted by Crippen LogP contribution is -2.51. The zero-order valence-corrected chi connectivity index (χ0v) is 21.3. The molecule has 2 amide bonds. The molecule has 4 aliphatic carbocycles. The van der Waals surface area contributed by atoms with Crippen molar-refractivity contribution in [2.24, 2.45) is 23.2 Å². The Morgan fingerprint density at radius 3 is 2.26 bits per heavy atom. The van der Waals surface area contributed by atoms with Gasteiger partial charge in [0.25, 0.3) is 5.91 Å². The van der Waals surface area contributed by atoms with Crippen LogP contribution in [0.3, 0.4) is 0 Å². The molecule has 1 heterocycles. The molecule has 2 aromatic rings. The molecule has 35 heavy (non-hydrogen) atoms. The van der Waals surface area contributed by atoms with Crippen LogP contribution in [0.15, 0.2) is 24.3 Å². The molecule has 7 nitrogen and oxygen atoms in total. The summed E-state index contributed by atoms with van der Waals surface area (Å²) in [4.78, 5) is 40.2. The molecule has 0 saturated heterocycles. The van der Waals surface area contributed by atoms with E-state index < -0.39 is 5.97 Å². The maximum absolute atomic E-state index is 13.7. The van der Waals surface area contributed by atoms with Gasteiger partial charge in [-0.2, -0.15) is 0 Å². The van der Waals surface area contributed by atoms with E-state index in [9.17, 15) is 14.4 Å². The zero-order chi connectivity index (χ0) is 24.7. The molecule has 0 atom stereocenters. The topological polar surface area (TPSA) is 93.7 Å². The van der Waals surface area contributed by atoms with Crippen LogP contribution in [0.4, 0.5) is 10.7 Å². The largest absolute Gasteiger partial charge is 0.495 e. The first-order valence-electron chi connectivity index (χ1n) is 12.4. The van der Waals surface area contributed by atoms with Crippen molar-refractivity contribution in [3.05, 3.63) is 40.3 Å². The van der Waals surface area contributed by atoms with E-state index in [0.29, 0.717) is 44.6 Å². The smallest absolute Gasteiger partial charge is 0.341 e. The highest BCUT2D eigenvalue weighted by Gasteiger charge is 2.54. The number of amides is 2. The number of methoxy groups -OCH3 is 1. The van der Waals surface area contributed by atoms with Gasteiger partial charge in [0.1, 0.15) is 10.8 Å². The van der Waals surface area contributed by atoms with E-state index in [1.165, 1.54) is 19.3 Å². The number of anilines is 2. The number of carbonyl (C=O) groups is 3. The molecule has 0 radical (unpaired) electrons. The number of benzene rings is 1. The van der Waals surface area contributed by atoms with Gasteiger partial charge in [-0.3, -0.25) is 9.59 Å². The normalized spacial score (nSPS) is 26.3. The molecule has 4 saturated carbocycles. The average Bonchev–Trinajstić information content (AvgIpc) is 3.14. The molecular weight excluding hydrogens is 464 g/mol. The third kappa shape index (κ3) is 4.33. The van der Waals surface area contributed by atoms with Gasteiger partial charge in [-0.05, 0) is 87.8 Å². The van der Waals surface area contributed by atoms with Gasteiger partial charge in [0.2, 0.25) is 5.91 Å². The van der Waals surface area contributed by atoms with Crippen LogP contribution in [0.5, 0.6) is 5.75 Å². The van der Waals surface area contributed by atoms with E-state index in [1.807, 2.05) is 6.07 Å². The summed E-state index contributed by atoms with van der Waals surface area (Å²) in [5.74, 6) is 1.52. The number of thiophene rings is 1. The van der Waals surface area contributed by atoms with E-state index in [4.69, 9.17) is 9.47 Å². The summed E-state index contributed by atoms with van der Waals surface area (Å²) < 4.78 is 10.6. The first-order valence-corrected chi connectivity index (χ1v) is 13.2. The number of hydrogen-bond donors (Lipinski definition) is 2. The van der Waals surface area contributed by atoms with Crippen LogP contribution in [0.2, 0.25) is 0 Å². The molecule has 4 aliphatic rings. The first kappa shape index (κ1) is 23.9. The number of hydrogen-bond acceptors (Lipinski definition) is 6. The summed E-state index contributed by atoms with van der Waals surface area (Å²) in [5, 5.41) is 6.35. The van der Waals surface area contributed by atoms with Crippen molar-refractivity contribution in [3.63, 3.8) is 0 Å². The van der Waals surface area contributed by atoms with Crippen molar-refractivity contribution in [1.82, 2.24) is 0 Å². The summed E-state index contributed by atoms with van der Waals surface area (Å²) in [6.45, 7) is 3.67. The molecule has 6 rings (SSSR count). The minimum atomic E-state index is -0.529. The van der Waals surface area contributed by atoms with Crippen LogP contribution in [-0.2, 0) is 9.53 Å². The lowest BCUT2D eigenvalue weighted by Gasteiger charge is -2.55. The van der Waals surface area contributed by atoms with Crippen molar-refractivity contribution >= 4 is 39.8 Å². The summed E-state index contributed by atoms with van der Waals surface area (Å²) in [5.41, 5.74) is 0.935. The number of para-hydroxylation sites is 2. The maximum Gasteiger partial charge on any atom is 0.341 e. The molecule has 2 N–H and O–H groups in total. The van der Waals surface area contributed by atoms with E-state index in [-0.39, 0.29) is 29.4 Å². The van der Waals surface area contributed by atoms with Crippen LogP contribution in [-0.4, -0.2) is 31.5 Å². The van der Waals surface area contributed by atoms with Gasteiger partial charge in [-0.15, -0.1) is 11.3 Å². The molecule has 8 heteroatoms. The predicted octanol–water partition coefficient (Wildman–Crippen LogP) is 5.65. The van der Waals surface area contributed by atoms with Gasteiger partial charge in [0, 0.05) is 0 Å². The molecule has 4 fully saturated rings. The van der Waals surface area contributed by atoms with Gasteiger partial charge in [-0.25, -0.2) is 4.79 Å². The van der Waals surface area contributed by atoms with Gasteiger partial charge in [-0.1, -0.05) is 12.1 Å². The van der Waals surface area contributed by atoms with Crippen molar-refractivity contribution < 1.29 is 23.9 Å². The van der Waals surface area contributed by atoms with E-state index >= 15 is 0 Å². The third-order valence-electron chi connectivity index (χ3n) is 7.93. The molecular formula is C27H32N2O5S. The lowest BCUT2D eigenvalue weighted by atomic mass is 9.49. The Morgan fingerprint density at radius 2 is 1.66 bits per heavy atom. The van der Waals surface area contributed by atoms with Crippen LogP contribution < -0.4 is 15.4 Å². The second-order valence-corrected chi connectivity index (χ2v) is 11.3. The van der Waals surface area contributed by atoms with Crippen molar-refractivity contribution in [2.75, 3.05) is 24.4 Å². The van der Waals surface area contributed by atoms with E-state index in [2.05, 4.69) is 10.6 Å². The van der Waals surface area contributed by atoms with Crippen LogP contribution in [0.25, 0.3) is 0 Å². The first-order chi connectivity index (χ1) is 16.8. The number of esters is 1. The standard InChI is InChI=1S/C27H32N2O5S/c1-4-34-25(31)21-15(2)22(23(30)28-19-7-5-6-8-20(19)33-3)35-24(21)29-26(32)27-12-16-9-17(13-27)11-18(10-16)14-27/h5-8,16-18H,4,9-14H2,1-3H3,(H,28,30)(H,29,32). The molecule has 1 aromatic carbocycles. The SMILES string of the molecule is CCOC(=O)c1c(NC(=O)C23CC4CC(CC(C4)C2)C3)sc(C(=O)Nc2ccccc2OC)c1C. The molecule has 0 spiro atoms. The molecule has 0 unspecified atom stereocenters. The van der Waals surface area contributed by atoms with Crippen molar-refractivity contribution in [2.45, 2.75) is 52.4 Å². The van der Waals surface area contributed by atoms with Gasteiger partial charge in [0.05, 0.1) is 35.3 Å². The second-order valence-electron chi connectivity index (χ2n) is 10.3. The molecule has 0 aliphatic heterocycles. The van der Waals surface area contributed by atoms with E-state index in [0.717, 1.165) is 30.6 Å². The zero-order valence-electron chi connectivity index (χ0n) is 20.4. The van der Waals surface area contributed by atoms with Crippen LogP contribution in [0, 0.1) is 30.1 Å². The second kappa shape index (κ2) is 9.30. The van der Waals surface area contributed by atoms with Crippen LogP contribution >= 0.6 is 11.3 Å². The fraction of sp³-hybridized carbons (Fsp3) is 0.519. The molecule has 1 aromatic heterocycles. The highest BCUT2D eigenvalue weighted by atomic mass is 32.1.